The molecule has 20 heavy (non-hydrogen) atoms. The number of amides is 1. The molecule has 0 aromatic heterocycles. The van der Waals surface area contributed by atoms with Crippen molar-refractivity contribution in [1.82, 2.24) is 15.1 Å². The number of ether oxygens (including phenoxy) is 1. The van der Waals surface area contributed by atoms with Gasteiger partial charge in [0.2, 0.25) is 5.91 Å². The van der Waals surface area contributed by atoms with Crippen LogP contribution in [0.5, 0.6) is 0 Å². The number of hydrogen-bond acceptors (Lipinski definition) is 4. The Hall–Kier alpha value is -0.650. The van der Waals surface area contributed by atoms with Crippen LogP contribution in [0.2, 0.25) is 0 Å². The highest BCUT2D eigenvalue weighted by Gasteiger charge is 2.48. The van der Waals surface area contributed by atoms with Crippen LogP contribution in [-0.2, 0) is 9.53 Å². The van der Waals surface area contributed by atoms with E-state index in [0.29, 0.717) is 18.6 Å². The van der Waals surface area contributed by atoms with E-state index in [-0.39, 0.29) is 11.6 Å². The molecule has 5 nitrogen and oxygen atoms in total. The maximum absolute atomic E-state index is 12.6. The molecule has 0 radical (unpaired) electrons. The zero-order valence-corrected chi connectivity index (χ0v) is 12.1. The average molecular weight is 279 g/mol. The van der Waals surface area contributed by atoms with Crippen LogP contribution in [0.4, 0.5) is 0 Å². The SMILES string of the molecule is O=C1N(CC2CN3CCCC3CO2)CNC12CCCC2. The average Bonchev–Trinajstić information content (AvgIpc) is 3.16. The van der Waals surface area contributed by atoms with Crippen LogP contribution in [0.25, 0.3) is 0 Å². The van der Waals surface area contributed by atoms with Crippen LogP contribution in [-0.4, -0.2) is 66.3 Å². The Morgan fingerprint density at radius 1 is 1.30 bits per heavy atom. The van der Waals surface area contributed by atoms with Gasteiger partial charge in [0.1, 0.15) is 0 Å². The molecule has 1 N–H and O–H groups in total. The Bertz CT molecular complexity index is 395. The van der Waals surface area contributed by atoms with Crippen LogP contribution >= 0.6 is 0 Å². The fourth-order valence-corrected chi connectivity index (χ4v) is 4.46. The van der Waals surface area contributed by atoms with Crippen molar-refractivity contribution in [1.29, 1.82) is 0 Å². The summed E-state index contributed by atoms with van der Waals surface area (Å²) in [4.78, 5) is 17.2. The molecule has 1 saturated carbocycles. The second-order valence-electron chi connectivity index (χ2n) is 6.90. The van der Waals surface area contributed by atoms with E-state index in [9.17, 15) is 4.79 Å². The van der Waals surface area contributed by atoms with Crippen LogP contribution in [0.3, 0.4) is 0 Å². The fourth-order valence-electron chi connectivity index (χ4n) is 4.46. The smallest absolute Gasteiger partial charge is 0.244 e. The van der Waals surface area contributed by atoms with Crippen molar-refractivity contribution >= 4 is 5.91 Å². The lowest BCUT2D eigenvalue weighted by Gasteiger charge is -2.36. The predicted molar refractivity (Wildman–Crippen MR) is 75.2 cm³/mol. The van der Waals surface area contributed by atoms with Gasteiger partial charge in [0.15, 0.2) is 0 Å². The van der Waals surface area contributed by atoms with Gasteiger partial charge in [-0.2, -0.15) is 0 Å². The normalized spacial score (nSPS) is 37.0. The molecule has 1 spiro atoms. The third kappa shape index (κ3) is 2.07. The second kappa shape index (κ2) is 4.97. The quantitative estimate of drug-likeness (QED) is 0.802. The van der Waals surface area contributed by atoms with E-state index in [1.165, 1.54) is 32.2 Å². The summed E-state index contributed by atoms with van der Waals surface area (Å²) in [6.07, 6.45) is 7.17. The summed E-state index contributed by atoms with van der Waals surface area (Å²) in [6, 6.07) is 0.639. The number of carbonyl (C=O) groups excluding carboxylic acids is 1. The molecule has 2 unspecified atom stereocenters. The number of fused-ring (bicyclic) bond motifs is 1. The summed E-state index contributed by atoms with van der Waals surface area (Å²) >= 11 is 0. The maximum atomic E-state index is 12.6. The third-order valence-corrected chi connectivity index (χ3v) is 5.65. The number of rotatable bonds is 2. The van der Waals surface area contributed by atoms with Gasteiger partial charge >= 0.3 is 0 Å². The molecule has 0 aromatic carbocycles. The molecule has 1 amide bonds. The Labute approximate surface area is 120 Å². The van der Waals surface area contributed by atoms with Gasteiger partial charge in [-0.3, -0.25) is 15.0 Å². The van der Waals surface area contributed by atoms with Crippen molar-refractivity contribution in [2.45, 2.75) is 56.2 Å². The number of hydrogen-bond donors (Lipinski definition) is 1. The Morgan fingerprint density at radius 3 is 3.00 bits per heavy atom. The predicted octanol–water partition coefficient (Wildman–Crippen LogP) is 0.552. The van der Waals surface area contributed by atoms with Gasteiger partial charge in [0.05, 0.1) is 24.9 Å². The molecule has 4 fully saturated rings. The highest BCUT2D eigenvalue weighted by Crippen LogP contribution is 2.34. The van der Waals surface area contributed by atoms with Gasteiger partial charge in [0.25, 0.3) is 0 Å². The Kier molecular flexibility index (Phi) is 3.24. The molecule has 1 aliphatic carbocycles. The molecular formula is C15H25N3O2. The van der Waals surface area contributed by atoms with Gasteiger partial charge in [0, 0.05) is 19.1 Å². The lowest BCUT2D eigenvalue weighted by Crippen LogP contribution is -2.51. The van der Waals surface area contributed by atoms with Crippen molar-refractivity contribution < 1.29 is 9.53 Å². The lowest BCUT2D eigenvalue weighted by molar-refractivity contribution is -0.135. The monoisotopic (exact) mass is 279 g/mol. The van der Waals surface area contributed by atoms with E-state index in [4.69, 9.17) is 4.74 Å². The first-order valence-corrected chi connectivity index (χ1v) is 8.17. The van der Waals surface area contributed by atoms with Crippen molar-refractivity contribution in [2.75, 3.05) is 32.9 Å². The summed E-state index contributed by atoms with van der Waals surface area (Å²) in [5, 5.41) is 3.47. The summed E-state index contributed by atoms with van der Waals surface area (Å²) in [5.74, 6) is 0.321. The van der Waals surface area contributed by atoms with Crippen molar-refractivity contribution in [3.63, 3.8) is 0 Å². The minimum absolute atomic E-state index is 0.201. The van der Waals surface area contributed by atoms with Gasteiger partial charge in [-0.25, -0.2) is 0 Å². The third-order valence-electron chi connectivity index (χ3n) is 5.65. The van der Waals surface area contributed by atoms with E-state index in [0.717, 1.165) is 32.5 Å². The number of carbonyl (C=O) groups is 1. The fraction of sp³-hybridized carbons (Fsp3) is 0.933. The molecule has 112 valence electrons. The number of nitrogens with zero attached hydrogens (tertiary/aromatic N) is 2. The van der Waals surface area contributed by atoms with E-state index >= 15 is 0 Å². The van der Waals surface area contributed by atoms with Crippen molar-refractivity contribution in [2.24, 2.45) is 0 Å². The summed E-state index contributed by atoms with van der Waals surface area (Å²) in [6.45, 7) is 4.53. The molecule has 4 rings (SSSR count). The van der Waals surface area contributed by atoms with Crippen molar-refractivity contribution in [3.05, 3.63) is 0 Å². The van der Waals surface area contributed by atoms with Crippen LogP contribution in [0, 0.1) is 0 Å². The summed E-state index contributed by atoms with van der Waals surface area (Å²) < 4.78 is 5.99. The zero-order chi connectivity index (χ0) is 13.6. The van der Waals surface area contributed by atoms with Gasteiger partial charge in [-0.05, 0) is 32.2 Å². The minimum atomic E-state index is -0.217. The molecule has 3 saturated heterocycles. The highest BCUT2D eigenvalue weighted by atomic mass is 16.5. The van der Waals surface area contributed by atoms with Gasteiger partial charge in [-0.15, -0.1) is 0 Å². The molecule has 5 heteroatoms. The van der Waals surface area contributed by atoms with E-state index < -0.39 is 0 Å². The molecular weight excluding hydrogens is 254 g/mol. The van der Waals surface area contributed by atoms with E-state index in [1.54, 1.807) is 0 Å². The Balaban J connectivity index is 1.37. The first kappa shape index (κ1) is 13.0. The summed E-state index contributed by atoms with van der Waals surface area (Å²) in [5.41, 5.74) is -0.217. The lowest BCUT2D eigenvalue weighted by atomic mass is 9.98. The molecule has 0 bridgehead atoms. The van der Waals surface area contributed by atoms with Crippen LogP contribution in [0.15, 0.2) is 0 Å². The zero-order valence-electron chi connectivity index (χ0n) is 12.1. The van der Waals surface area contributed by atoms with Crippen molar-refractivity contribution in [3.8, 4) is 0 Å². The number of nitrogens with one attached hydrogen (secondary N) is 1. The second-order valence-corrected chi connectivity index (χ2v) is 6.90. The first-order valence-electron chi connectivity index (χ1n) is 8.17. The topological polar surface area (TPSA) is 44.8 Å². The molecule has 4 aliphatic rings. The van der Waals surface area contributed by atoms with E-state index in [1.807, 2.05) is 4.90 Å². The highest BCUT2D eigenvalue weighted by molar-refractivity contribution is 5.88. The first-order chi connectivity index (χ1) is 9.77. The Morgan fingerprint density at radius 2 is 2.15 bits per heavy atom. The largest absolute Gasteiger partial charge is 0.373 e. The molecule has 3 aliphatic heterocycles. The van der Waals surface area contributed by atoms with Gasteiger partial charge in [-0.1, -0.05) is 12.8 Å². The minimum Gasteiger partial charge on any atom is -0.373 e. The van der Waals surface area contributed by atoms with E-state index in [2.05, 4.69) is 10.2 Å². The molecule has 2 atom stereocenters. The number of morpholine rings is 1. The molecule has 0 aromatic rings. The standard InChI is InChI=1S/C15H25N3O2/c19-14-15(5-1-2-6-15)16-11-18(14)9-13-8-17-7-3-4-12(17)10-20-13/h12-13,16H,1-11H2. The van der Waals surface area contributed by atoms with Crippen LogP contribution in [0.1, 0.15) is 38.5 Å². The molecule has 3 heterocycles. The van der Waals surface area contributed by atoms with Crippen LogP contribution < -0.4 is 5.32 Å². The van der Waals surface area contributed by atoms with Gasteiger partial charge < -0.3 is 9.64 Å². The summed E-state index contributed by atoms with van der Waals surface area (Å²) in [7, 11) is 0. The maximum Gasteiger partial charge on any atom is 0.244 e.